The van der Waals surface area contributed by atoms with Crippen LogP contribution < -0.4 is 0 Å². The third kappa shape index (κ3) is 8.04. The molecule has 5 saturated carbocycles. The Hall–Kier alpha value is -1.87. The molecule has 2 spiro atoms. The van der Waals surface area contributed by atoms with E-state index in [-0.39, 0.29) is 29.8 Å². The third-order valence-electron chi connectivity index (χ3n) is 10.5. The van der Waals surface area contributed by atoms with Crippen molar-refractivity contribution >= 4 is 27.5 Å². The van der Waals surface area contributed by atoms with E-state index in [0.29, 0.717) is 92.8 Å². The summed E-state index contributed by atoms with van der Waals surface area (Å²) in [5.74, 6) is 1.89. The number of allylic oxidation sites excluding steroid dienone is 2. The summed E-state index contributed by atoms with van der Waals surface area (Å²) >= 11 is 0. The molecule has 2 aliphatic heterocycles. The number of hydrogen-bond acceptors (Lipinski definition) is 10. The normalized spacial score (nSPS) is 35.9. The van der Waals surface area contributed by atoms with E-state index in [9.17, 15) is 36.0 Å². The van der Waals surface area contributed by atoms with Crippen LogP contribution in [-0.4, -0.2) is 69.3 Å². The number of Topliss-reactive ketones (excluding diaryl/α,β-unsaturated/α-hetero) is 3. The second-order valence-electron chi connectivity index (χ2n) is 14.5. The summed E-state index contributed by atoms with van der Waals surface area (Å²) in [6, 6.07) is 0. The first-order chi connectivity index (χ1) is 21.7. The van der Waals surface area contributed by atoms with E-state index in [1.54, 1.807) is 0 Å². The van der Waals surface area contributed by atoms with Gasteiger partial charge in [-0.2, -0.15) is 21.6 Å². The number of hydrogen-bond donors (Lipinski definition) is 0. The van der Waals surface area contributed by atoms with Crippen molar-refractivity contribution in [3.8, 4) is 0 Å². The van der Waals surface area contributed by atoms with Crippen molar-refractivity contribution in [1.29, 1.82) is 0 Å². The van der Waals surface area contributed by atoms with E-state index in [1.165, 1.54) is 12.5 Å². The van der Waals surface area contributed by atoms with Gasteiger partial charge in [-0.15, -0.1) is 0 Å². The van der Waals surface area contributed by atoms with Gasteiger partial charge in [-0.1, -0.05) is 0 Å². The Bertz CT molecular complexity index is 1260. The number of alkyl halides is 3. The van der Waals surface area contributed by atoms with E-state index in [4.69, 9.17) is 18.9 Å². The monoisotopic (exact) mass is 676 g/mol. The van der Waals surface area contributed by atoms with Crippen LogP contribution in [0.4, 0.5) is 13.2 Å². The minimum absolute atomic E-state index is 0.00489. The lowest BCUT2D eigenvalue weighted by Gasteiger charge is -2.43. The highest BCUT2D eigenvalue weighted by Crippen LogP contribution is 2.49. The first kappa shape index (κ1) is 34.0. The molecule has 14 heteroatoms. The standard InChI is InChI=1S/C12H15F3O5S.C11H16O3.C9H12O2/c13-12(14,15)21(16,17)20-10-4-8-3-9(5-10)7-11(6-8)18-1-2-19-11;12-10-4-8-3-9(5-10)7-11(6-8)13-1-2-14-11;10-8-2-6-1-7(4-8)5-9(11)3-6/h4,8-9H,1-3,5-7H2;8-9H,1-7H2;6-7H,1-5H2. The molecule has 0 aromatic heterocycles. The summed E-state index contributed by atoms with van der Waals surface area (Å²) in [6.45, 7) is 2.48. The topological polar surface area (TPSA) is 132 Å². The van der Waals surface area contributed by atoms with Gasteiger partial charge in [0.05, 0.1) is 26.4 Å². The number of carbonyl (C=O) groups is 3. The fourth-order valence-corrected chi connectivity index (χ4v) is 9.67. The maximum Gasteiger partial charge on any atom is 0.534 e. The lowest BCUT2D eigenvalue weighted by atomic mass is 9.69. The van der Waals surface area contributed by atoms with Gasteiger partial charge >= 0.3 is 15.6 Å². The lowest BCUT2D eigenvalue weighted by Crippen LogP contribution is -2.43. The summed E-state index contributed by atoms with van der Waals surface area (Å²) < 4.78 is 86.1. The first-order valence-electron chi connectivity index (χ1n) is 16.5. The Balaban J connectivity index is 0.000000128. The van der Waals surface area contributed by atoms with Crippen molar-refractivity contribution in [2.45, 2.75) is 107 Å². The maximum absolute atomic E-state index is 12.3. The predicted molar refractivity (Wildman–Crippen MR) is 154 cm³/mol. The van der Waals surface area contributed by atoms with Gasteiger partial charge in [0.25, 0.3) is 0 Å². The zero-order valence-electron chi connectivity index (χ0n) is 25.9. The molecule has 0 amide bonds. The van der Waals surface area contributed by atoms with Gasteiger partial charge in [0.15, 0.2) is 11.6 Å². The third-order valence-corrected chi connectivity index (χ3v) is 11.5. The fourth-order valence-electron chi connectivity index (χ4n) is 9.17. The molecule has 10 nitrogen and oxygen atoms in total. The van der Waals surface area contributed by atoms with Crippen LogP contribution in [0.3, 0.4) is 0 Å². The molecule has 4 atom stereocenters. The van der Waals surface area contributed by atoms with Gasteiger partial charge in [0.1, 0.15) is 23.1 Å². The van der Waals surface area contributed by atoms with Crippen LogP contribution in [0.25, 0.3) is 0 Å². The van der Waals surface area contributed by atoms with Crippen LogP contribution in [0.1, 0.15) is 89.9 Å². The van der Waals surface area contributed by atoms with E-state index in [0.717, 1.165) is 51.7 Å². The number of ether oxygens (including phenoxy) is 4. The van der Waals surface area contributed by atoms with E-state index >= 15 is 0 Å². The first-order valence-corrected chi connectivity index (χ1v) is 17.9. The van der Waals surface area contributed by atoms with Crippen molar-refractivity contribution in [3.63, 3.8) is 0 Å². The molecule has 258 valence electrons. The van der Waals surface area contributed by atoms with Crippen LogP contribution >= 0.6 is 0 Å². The molecule has 7 fully saturated rings. The summed E-state index contributed by atoms with van der Waals surface area (Å²) in [5.41, 5.74) is -5.40. The van der Waals surface area contributed by atoms with Crippen molar-refractivity contribution < 1.29 is 59.1 Å². The molecule has 0 N–H and O–H groups in total. The van der Waals surface area contributed by atoms with Crippen molar-refractivity contribution in [2.24, 2.45) is 35.5 Å². The number of halogens is 3. The highest BCUT2D eigenvalue weighted by Gasteiger charge is 2.51. The van der Waals surface area contributed by atoms with Crippen LogP contribution in [-0.2, 0) is 47.6 Å². The minimum atomic E-state index is -5.59. The Morgan fingerprint density at radius 1 is 0.609 bits per heavy atom. The van der Waals surface area contributed by atoms with Crippen LogP contribution in [0, 0.1) is 35.5 Å². The quantitative estimate of drug-likeness (QED) is 0.286. The van der Waals surface area contributed by atoms with E-state index in [2.05, 4.69) is 4.18 Å². The van der Waals surface area contributed by atoms with Crippen molar-refractivity contribution in [3.05, 3.63) is 11.8 Å². The van der Waals surface area contributed by atoms with Gasteiger partial charge < -0.3 is 23.1 Å². The zero-order valence-corrected chi connectivity index (χ0v) is 26.7. The van der Waals surface area contributed by atoms with Gasteiger partial charge in [-0.3, -0.25) is 14.4 Å². The molecule has 2 saturated heterocycles. The smallest absolute Gasteiger partial charge is 0.381 e. The lowest BCUT2D eigenvalue weighted by molar-refractivity contribution is -0.202. The van der Waals surface area contributed by atoms with Gasteiger partial charge in [-0.05, 0) is 60.8 Å². The molecule has 4 unspecified atom stereocenters. The summed E-state index contributed by atoms with van der Waals surface area (Å²) in [4.78, 5) is 33.5. The highest BCUT2D eigenvalue weighted by molar-refractivity contribution is 7.87. The van der Waals surface area contributed by atoms with Gasteiger partial charge in [-0.25, -0.2) is 0 Å². The minimum Gasteiger partial charge on any atom is -0.381 e. The molecule has 6 aliphatic carbocycles. The molecule has 2 heterocycles. The molecule has 0 aromatic rings. The SMILES string of the molecule is O=C1CC2CC(=O)CC(C1)C2.O=C1CC2CC(C1)CC1(C2)OCCO1.O=S(=O)(OC1=CC2CC(C1)CC1(C2)OCCO1)C(F)(F)F. The van der Waals surface area contributed by atoms with Crippen molar-refractivity contribution in [1.82, 2.24) is 0 Å². The Morgan fingerprint density at radius 2 is 1.00 bits per heavy atom. The number of ketones is 3. The zero-order chi connectivity index (χ0) is 32.7. The molecule has 0 radical (unpaired) electrons. The molecular weight excluding hydrogens is 633 g/mol. The Labute approximate surface area is 267 Å². The largest absolute Gasteiger partial charge is 0.534 e. The molecule has 46 heavy (non-hydrogen) atoms. The van der Waals surface area contributed by atoms with E-state index in [1.807, 2.05) is 0 Å². The van der Waals surface area contributed by atoms with Crippen molar-refractivity contribution in [2.75, 3.05) is 26.4 Å². The summed E-state index contributed by atoms with van der Waals surface area (Å²) in [5, 5.41) is 0. The van der Waals surface area contributed by atoms with Crippen LogP contribution in [0.5, 0.6) is 0 Å². The average molecular weight is 677 g/mol. The molecule has 8 aliphatic rings. The second kappa shape index (κ2) is 13.2. The molecule has 6 bridgehead atoms. The number of carbonyl (C=O) groups excluding carboxylic acids is 3. The highest BCUT2D eigenvalue weighted by atomic mass is 32.2. The van der Waals surface area contributed by atoms with Gasteiger partial charge in [0, 0.05) is 70.6 Å². The molecule has 0 aromatic carbocycles. The average Bonchev–Trinajstić information content (AvgIpc) is 3.55. The number of fused-ring (bicyclic) bond motifs is 6. The maximum atomic E-state index is 12.3. The Kier molecular flexibility index (Phi) is 9.77. The summed E-state index contributed by atoms with van der Waals surface area (Å²) in [7, 11) is -5.59. The predicted octanol–water partition coefficient (Wildman–Crippen LogP) is 5.14. The van der Waals surface area contributed by atoms with Crippen LogP contribution in [0.15, 0.2) is 11.8 Å². The fraction of sp³-hybridized carbons (Fsp3) is 0.844. The Morgan fingerprint density at radius 3 is 1.43 bits per heavy atom. The summed E-state index contributed by atoms with van der Waals surface area (Å²) in [6.07, 6.45) is 11.9. The van der Waals surface area contributed by atoms with E-state index < -0.39 is 21.4 Å². The second-order valence-corrected chi connectivity index (χ2v) is 16.0. The molecule has 8 rings (SSSR count). The van der Waals surface area contributed by atoms with Crippen LogP contribution in [0.2, 0.25) is 0 Å². The van der Waals surface area contributed by atoms with Gasteiger partial charge in [0.2, 0.25) is 0 Å². The molecular formula is C32H43F3O10S. The number of rotatable bonds is 2.